The molecule has 0 aliphatic carbocycles. The van der Waals surface area contributed by atoms with E-state index in [2.05, 4.69) is 21.2 Å². The Hall–Kier alpha value is -1.47. The Morgan fingerprint density at radius 1 is 1.10 bits per heavy atom. The van der Waals surface area contributed by atoms with Gasteiger partial charge in [0.15, 0.2) is 6.61 Å². The molecule has 31 heavy (non-hydrogen) atoms. The maximum atomic E-state index is 13.1. The number of carbonyl (C=O) groups excluding carboxylic acids is 2. The van der Waals surface area contributed by atoms with Crippen molar-refractivity contribution in [3.63, 3.8) is 0 Å². The molecule has 1 N–H and O–H groups in total. The highest BCUT2D eigenvalue weighted by molar-refractivity contribution is 9.10. The summed E-state index contributed by atoms with van der Waals surface area (Å²) in [5, 5.41) is 4.23. The standard InChI is InChI=1S/C22H24BrCl3N2O3/c1-13(2)10-27-22(30)14(3)28(11-16-18(25)5-4-6-19(16)26)21(29)12-31-20-8-7-15(24)9-17(20)23/h4-9,13-14H,10-12H2,1-3H3,(H,27,30)/t14-/m0/s1. The second kappa shape index (κ2) is 12.0. The topological polar surface area (TPSA) is 58.6 Å². The van der Waals surface area contributed by atoms with Gasteiger partial charge in [0.1, 0.15) is 11.8 Å². The van der Waals surface area contributed by atoms with Crippen LogP contribution in [0.15, 0.2) is 40.9 Å². The van der Waals surface area contributed by atoms with Gasteiger partial charge in [-0.15, -0.1) is 0 Å². The zero-order chi connectivity index (χ0) is 23.1. The number of benzene rings is 2. The van der Waals surface area contributed by atoms with Crippen molar-refractivity contribution < 1.29 is 14.3 Å². The van der Waals surface area contributed by atoms with Gasteiger partial charge < -0.3 is 15.0 Å². The lowest BCUT2D eigenvalue weighted by Gasteiger charge is -2.29. The average Bonchev–Trinajstić information content (AvgIpc) is 2.70. The fourth-order valence-corrected chi connectivity index (χ4v) is 4.02. The van der Waals surface area contributed by atoms with Crippen LogP contribution in [-0.4, -0.2) is 35.9 Å². The third kappa shape index (κ3) is 7.56. The molecular formula is C22H24BrCl3N2O3. The van der Waals surface area contributed by atoms with Crippen LogP contribution in [0.3, 0.4) is 0 Å². The highest BCUT2D eigenvalue weighted by atomic mass is 79.9. The van der Waals surface area contributed by atoms with Crippen molar-refractivity contribution >= 4 is 62.5 Å². The van der Waals surface area contributed by atoms with Gasteiger partial charge in [0.05, 0.1) is 4.47 Å². The van der Waals surface area contributed by atoms with Crippen LogP contribution >= 0.6 is 50.7 Å². The van der Waals surface area contributed by atoms with Gasteiger partial charge in [-0.25, -0.2) is 0 Å². The maximum absolute atomic E-state index is 13.1. The highest BCUT2D eigenvalue weighted by Crippen LogP contribution is 2.29. The van der Waals surface area contributed by atoms with Gasteiger partial charge in [-0.05, 0) is 59.1 Å². The van der Waals surface area contributed by atoms with Gasteiger partial charge in [-0.3, -0.25) is 9.59 Å². The Labute approximate surface area is 206 Å². The molecule has 0 saturated carbocycles. The first-order valence-electron chi connectivity index (χ1n) is 9.68. The predicted octanol–water partition coefficient (Wildman–Crippen LogP) is 5.98. The molecule has 0 aliphatic rings. The lowest BCUT2D eigenvalue weighted by atomic mass is 10.1. The van der Waals surface area contributed by atoms with Gasteiger partial charge in [0, 0.05) is 33.7 Å². The van der Waals surface area contributed by atoms with Gasteiger partial charge in [-0.1, -0.05) is 54.7 Å². The molecule has 2 aromatic carbocycles. The maximum Gasteiger partial charge on any atom is 0.261 e. The number of amides is 2. The predicted molar refractivity (Wildman–Crippen MR) is 129 cm³/mol. The summed E-state index contributed by atoms with van der Waals surface area (Å²) in [5.41, 5.74) is 0.565. The quantitative estimate of drug-likeness (QED) is 0.418. The summed E-state index contributed by atoms with van der Waals surface area (Å²) in [7, 11) is 0. The van der Waals surface area contributed by atoms with E-state index in [0.717, 1.165) is 0 Å². The SMILES string of the molecule is CC(C)CNC(=O)[C@H](C)N(Cc1c(Cl)cccc1Cl)C(=O)COc1ccc(Cl)cc1Br. The number of rotatable bonds is 9. The van der Waals surface area contributed by atoms with Crippen molar-refractivity contribution in [2.75, 3.05) is 13.2 Å². The van der Waals surface area contributed by atoms with E-state index >= 15 is 0 Å². The molecule has 0 aliphatic heterocycles. The average molecular weight is 551 g/mol. The molecule has 0 unspecified atom stereocenters. The minimum Gasteiger partial charge on any atom is -0.483 e. The van der Waals surface area contributed by atoms with Crippen molar-refractivity contribution in [2.45, 2.75) is 33.4 Å². The Kier molecular flexibility index (Phi) is 9.94. The Morgan fingerprint density at radius 2 is 1.74 bits per heavy atom. The van der Waals surface area contributed by atoms with Crippen LogP contribution in [0.25, 0.3) is 0 Å². The van der Waals surface area contributed by atoms with Crippen LogP contribution in [0.5, 0.6) is 5.75 Å². The third-order valence-electron chi connectivity index (χ3n) is 4.49. The molecule has 2 rings (SSSR count). The number of ether oxygens (including phenoxy) is 1. The molecule has 5 nitrogen and oxygen atoms in total. The molecule has 168 valence electrons. The smallest absolute Gasteiger partial charge is 0.261 e. The van der Waals surface area contributed by atoms with Crippen molar-refractivity contribution in [1.29, 1.82) is 0 Å². The Balaban J connectivity index is 2.22. The van der Waals surface area contributed by atoms with Crippen LogP contribution in [-0.2, 0) is 16.1 Å². The van der Waals surface area contributed by atoms with E-state index < -0.39 is 6.04 Å². The molecule has 2 amide bonds. The molecule has 0 fully saturated rings. The second-order valence-corrected chi connectivity index (χ2v) is 9.51. The molecule has 0 radical (unpaired) electrons. The van der Waals surface area contributed by atoms with Crippen LogP contribution in [0.2, 0.25) is 15.1 Å². The number of halogens is 4. The van der Waals surface area contributed by atoms with E-state index in [9.17, 15) is 9.59 Å². The molecule has 0 aromatic heterocycles. The van der Waals surface area contributed by atoms with Crippen LogP contribution < -0.4 is 10.1 Å². The van der Waals surface area contributed by atoms with Crippen molar-refractivity contribution in [2.24, 2.45) is 5.92 Å². The summed E-state index contributed by atoms with van der Waals surface area (Å²) >= 11 is 21.9. The minimum absolute atomic E-state index is 0.0682. The number of nitrogens with zero attached hydrogens (tertiary/aromatic N) is 1. The summed E-state index contributed by atoms with van der Waals surface area (Å²) < 4.78 is 6.29. The first kappa shape index (κ1) is 25.8. The molecular weight excluding hydrogens is 527 g/mol. The van der Waals surface area contributed by atoms with Gasteiger partial charge in [0.2, 0.25) is 5.91 Å². The van der Waals surface area contributed by atoms with Crippen molar-refractivity contribution in [3.8, 4) is 5.75 Å². The zero-order valence-electron chi connectivity index (χ0n) is 17.4. The largest absolute Gasteiger partial charge is 0.483 e. The fraction of sp³-hybridized carbons (Fsp3) is 0.364. The minimum atomic E-state index is -0.754. The highest BCUT2D eigenvalue weighted by Gasteiger charge is 2.28. The lowest BCUT2D eigenvalue weighted by Crippen LogP contribution is -2.49. The summed E-state index contributed by atoms with van der Waals surface area (Å²) in [4.78, 5) is 27.2. The molecule has 0 spiro atoms. The summed E-state index contributed by atoms with van der Waals surface area (Å²) in [5.74, 6) is 0.0947. The molecule has 0 saturated heterocycles. The van der Waals surface area contributed by atoms with Crippen molar-refractivity contribution in [3.05, 3.63) is 61.5 Å². The van der Waals surface area contributed by atoms with Gasteiger partial charge in [-0.2, -0.15) is 0 Å². The fourth-order valence-electron chi connectivity index (χ4n) is 2.70. The monoisotopic (exact) mass is 548 g/mol. The van der Waals surface area contributed by atoms with Gasteiger partial charge >= 0.3 is 0 Å². The number of hydrogen-bond donors (Lipinski definition) is 1. The van der Waals surface area contributed by atoms with E-state index in [1.807, 2.05) is 13.8 Å². The number of carbonyl (C=O) groups is 2. The molecule has 1 atom stereocenters. The summed E-state index contributed by atoms with van der Waals surface area (Å²) in [6.45, 7) is 5.95. The van der Waals surface area contributed by atoms with Crippen LogP contribution in [0.1, 0.15) is 26.3 Å². The zero-order valence-corrected chi connectivity index (χ0v) is 21.3. The van der Waals surface area contributed by atoms with E-state index in [1.54, 1.807) is 43.3 Å². The van der Waals surface area contributed by atoms with E-state index in [-0.39, 0.29) is 30.9 Å². The second-order valence-electron chi connectivity index (χ2n) is 7.40. The normalized spacial score (nSPS) is 11.9. The summed E-state index contributed by atoms with van der Waals surface area (Å²) in [6.07, 6.45) is 0. The Bertz CT molecular complexity index is 920. The van der Waals surface area contributed by atoms with E-state index in [1.165, 1.54) is 4.90 Å². The van der Waals surface area contributed by atoms with Crippen LogP contribution in [0, 0.1) is 5.92 Å². The van der Waals surface area contributed by atoms with E-state index in [0.29, 0.717) is 37.4 Å². The molecule has 2 aromatic rings. The number of nitrogens with one attached hydrogen (secondary N) is 1. The van der Waals surface area contributed by atoms with E-state index in [4.69, 9.17) is 39.5 Å². The first-order chi connectivity index (χ1) is 14.6. The molecule has 0 heterocycles. The third-order valence-corrected chi connectivity index (χ3v) is 6.05. The first-order valence-corrected chi connectivity index (χ1v) is 11.6. The lowest BCUT2D eigenvalue weighted by molar-refractivity contribution is -0.142. The molecule has 9 heteroatoms. The van der Waals surface area contributed by atoms with Crippen molar-refractivity contribution in [1.82, 2.24) is 10.2 Å². The summed E-state index contributed by atoms with van der Waals surface area (Å²) in [6, 6.07) is 9.34. The van der Waals surface area contributed by atoms with Gasteiger partial charge in [0.25, 0.3) is 5.91 Å². The molecule has 0 bridgehead atoms. The Morgan fingerprint density at radius 3 is 2.32 bits per heavy atom. The number of hydrogen-bond acceptors (Lipinski definition) is 3. The van der Waals surface area contributed by atoms with Crippen LogP contribution in [0.4, 0.5) is 0 Å².